The highest BCUT2D eigenvalue weighted by Crippen LogP contribution is 2.32. The summed E-state index contributed by atoms with van der Waals surface area (Å²) in [6.45, 7) is 12.0. The minimum absolute atomic E-state index is 0.619. The number of hydrogen-bond acceptors (Lipinski definition) is 1. The normalized spacial score (nSPS) is 26.8. The number of allylic oxidation sites excluding steroid dienone is 1. The zero-order valence-corrected chi connectivity index (χ0v) is 11.4. The first-order valence-electron chi connectivity index (χ1n) is 6.97. The first-order chi connectivity index (χ1) is 7.59. The molecule has 0 amide bonds. The summed E-state index contributed by atoms with van der Waals surface area (Å²) < 4.78 is 0. The van der Waals surface area contributed by atoms with Crippen molar-refractivity contribution in [3.05, 3.63) is 12.2 Å². The van der Waals surface area contributed by atoms with Crippen molar-refractivity contribution in [2.75, 3.05) is 6.54 Å². The van der Waals surface area contributed by atoms with Crippen LogP contribution in [-0.4, -0.2) is 12.6 Å². The maximum Gasteiger partial charge on any atom is 0.00104 e. The summed E-state index contributed by atoms with van der Waals surface area (Å²) in [5, 5.41) is 3.62. The van der Waals surface area contributed by atoms with E-state index < -0.39 is 0 Å². The largest absolute Gasteiger partial charge is 0.314 e. The Morgan fingerprint density at radius 1 is 1.19 bits per heavy atom. The van der Waals surface area contributed by atoms with E-state index in [1.54, 1.807) is 0 Å². The molecule has 0 aliphatic heterocycles. The first kappa shape index (κ1) is 13.8. The third kappa shape index (κ3) is 5.16. The van der Waals surface area contributed by atoms with Gasteiger partial charge in [0.1, 0.15) is 0 Å². The van der Waals surface area contributed by atoms with E-state index in [1.807, 2.05) is 0 Å². The second kappa shape index (κ2) is 7.11. The van der Waals surface area contributed by atoms with Crippen LogP contribution >= 0.6 is 0 Å². The summed E-state index contributed by atoms with van der Waals surface area (Å²) in [7, 11) is 0. The Morgan fingerprint density at radius 3 is 2.38 bits per heavy atom. The van der Waals surface area contributed by atoms with Gasteiger partial charge in [0, 0.05) is 6.04 Å². The van der Waals surface area contributed by atoms with E-state index in [0.29, 0.717) is 6.04 Å². The quantitative estimate of drug-likeness (QED) is 0.545. The van der Waals surface area contributed by atoms with Crippen LogP contribution in [0.15, 0.2) is 12.2 Å². The van der Waals surface area contributed by atoms with Gasteiger partial charge in [-0.3, -0.25) is 0 Å². The molecule has 1 heteroatoms. The molecule has 94 valence electrons. The highest BCUT2D eigenvalue weighted by atomic mass is 14.9. The van der Waals surface area contributed by atoms with Crippen molar-refractivity contribution >= 4 is 0 Å². The SMILES string of the molecule is C=C(C)CC1CCCCCC1CNC(C)C. The van der Waals surface area contributed by atoms with Crippen LogP contribution in [0.5, 0.6) is 0 Å². The van der Waals surface area contributed by atoms with Gasteiger partial charge in [-0.25, -0.2) is 0 Å². The topological polar surface area (TPSA) is 12.0 Å². The molecule has 2 unspecified atom stereocenters. The van der Waals surface area contributed by atoms with Crippen LogP contribution in [0, 0.1) is 11.8 Å². The van der Waals surface area contributed by atoms with E-state index in [2.05, 4.69) is 32.7 Å². The van der Waals surface area contributed by atoms with Gasteiger partial charge < -0.3 is 5.32 Å². The molecule has 0 saturated heterocycles. The minimum atomic E-state index is 0.619. The summed E-state index contributed by atoms with van der Waals surface area (Å²) >= 11 is 0. The number of rotatable bonds is 5. The maximum absolute atomic E-state index is 4.09. The Hall–Kier alpha value is -0.300. The Kier molecular flexibility index (Phi) is 6.12. The summed E-state index contributed by atoms with van der Waals surface area (Å²) in [4.78, 5) is 0. The fraction of sp³-hybridized carbons (Fsp3) is 0.867. The molecule has 16 heavy (non-hydrogen) atoms. The molecule has 2 atom stereocenters. The van der Waals surface area contributed by atoms with E-state index in [4.69, 9.17) is 0 Å². The van der Waals surface area contributed by atoms with E-state index in [-0.39, 0.29) is 0 Å². The second-order valence-electron chi connectivity index (χ2n) is 5.88. The van der Waals surface area contributed by atoms with Crippen LogP contribution in [-0.2, 0) is 0 Å². The molecule has 1 N–H and O–H groups in total. The van der Waals surface area contributed by atoms with Gasteiger partial charge in [0.15, 0.2) is 0 Å². The van der Waals surface area contributed by atoms with Gasteiger partial charge in [-0.15, -0.1) is 6.58 Å². The van der Waals surface area contributed by atoms with Crippen molar-refractivity contribution in [1.82, 2.24) is 5.32 Å². The number of nitrogens with one attached hydrogen (secondary N) is 1. The van der Waals surface area contributed by atoms with Crippen LogP contribution in [0.1, 0.15) is 59.3 Å². The van der Waals surface area contributed by atoms with E-state index >= 15 is 0 Å². The Labute approximate surface area is 102 Å². The van der Waals surface area contributed by atoms with Crippen molar-refractivity contribution in [3.63, 3.8) is 0 Å². The second-order valence-corrected chi connectivity index (χ2v) is 5.88. The molecule has 1 aliphatic rings. The van der Waals surface area contributed by atoms with Crippen molar-refractivity contribution in [1.29, 1.82) is 0 Å². The van der Waals surface area contributed by atoms with Gasteiger partial charge in [-0.05, 0) is 44.6 Å². The molecule has 0 aromatic rings. The van der Waals surface area contributed by atoms with Crippen molar-refractivity contribution in [2.24, 2.45) is 11.8 Å². The van der Waals surface area contributed by atoms with Crippen LogP contribution in [0.25, 0.3) is 0 Å². The lowest BCUT2D eigenvalue weighted by molar-refractivity contribution is 0.291. The van der Waals surface area contributed by atoms with Crippen LogP contribution in [0.3, 0.4) is 0 Å². The van der Waals surface area contributed by atoms with E-state index in [0.717, 1.165) is 11.8 Å². The summed E-state index contributed by atoms with van der Waals surface area (Å²) in [6, 6.07) is 0.619. The van der Waals surface area contributed by atoms with Crippen molar-refractivity contribution in [3.8, 4) is 0 Å². The lowest BCUT2D eigenvalue weighted by atomic mass is 9.83. The average Bonchev–Trinajstić information content (AvgIpc) is 2.39. The molecule has 0 aromatic heterocycles. The lowest BCUT2D eigenvalue weighted by Crippen LogP contribution is -2.32. The van der Waals surface area contributed by atoms with Gasteiger partial charge >= 0.3 is 0 Å². The lowest BCUT2D eigenvalue weighted by Gasteiger charge is -2.26. The maximum atomic E-state index is 4.09. The van der Waals surface area contributed by atoms with Gasteiger partial charge in [0.05, 0.1) is 0 Å². The third-order valence-corrected chi connectivity index (χ3v) is 3.72. The first-order valence-corrected chi connectivity index (χ1v) is 6.97. The summed E-state index contributed by atoms with van der Waals surface area (Å²) in [5.41, 5.74) is 1.36. The predicted octanol–water partition coefficient (Wildman–Crippen LogP) is 4.15. The molecule has 0 bridgehead atoms. The standard InChI is InChI=1S/C15H29N/c1-12(2)10-14-8-6-5-7-9-15(14)11-16-13(3)4/h13-16H,1,5-11H2,2-4H3. The molecule has 0 spiro atoms. The Balaban J connectivity index is 2.47. The molecule has 1 saturated carbocycles. The number of hydrogen-bond donors (Lipinski definition) is 1. The summed E-state index contributed by atoms with van der Waals surface area (Å²) in [6.07, 6.45) is 8.36. The highest BCUT2D eigenvalue weighted by molar-refractivity contribution is 4.93. The average molecular weight is 223 g/mol. The van der Waals surface area contributed by atoms with Gasteiger partial charge in [0.25, 0.3) is 0 Å². The smallest absolute Gasteiger partial charge is 0.00104 e. The fourth-order valence-electron chi connectivity index (χ4n) is 2.83. The Morgan fingerprint density at radius 2 is 1.81 bits per heavy atom. The van der Waals surface area contributed by atoms with Gasteiger partial charge in [0.2, 0.25) is 0 Å². The van der Waals surface area contributed by atoms with E-state index in [1.165, 1.54) is 50.6 Å². The van der Waals surface area contributed by atoms with Gasteiger partial charge in [-0.2, -0.15) is 0 Å². The summed E-state index contributed by atoms with van der Waals surface area (Å²) in [5.74, 6) is 1.76. The molecule has 1 fully saturated rings. The molecular weight excluding hydrogens is 194 g/mol. The zero-order valence-electron chi connectivity index (χ0n) is 11.4. The van der Waals surface area contributed by atoms with Crippen LogP contribution in [0.2, 0.25) is 0 Å². The predicted molar refractivity (Wildman–Crippen MR) is 72.6 cm³/mol. The molecule has 0 radical (unpaired) electrons. The van der Waals surface area contributed by atoms with Crippen LogP contribution < -0.4 is 5.32 Å². The van der Waals surface area contributed by atoms with Crippen molar-refractivity contribution in [2.45, 2.75) is 65.3 Å². The molecule has 0 heterocycles. The molecule has 1 rings (SSSR count). The van der Waals surface area contributed by atoms with Gasteiger partial charge in [-0.1, -0.05) is 38.7 Å². The Bertz CT molecular complexity index is 207. The fourth-order valence-corrected chi connectivity index (χ4v) is 2.83. The molecule has 1 aliphatic carbocycles. The third-order valence-electron chi connectivity index (χ3n) is 3.72. The van der Waals surface area contributed by atoms with Crippen LogP contribution in [0.4, 0.5) is 0 Å². The van der Waals surface area contributed by atoms with Crippen molar-refractivity contribution < 1.29 is 0 Å². The van der Waals surface area contributed by atoms with E-state index in [9.17, 15) is 0 Å². The highest BCUT2D eigenvalue weighted by Gasteiger charge is 2.23. The molecular formula is C15H29N. The molecule has 1 nitrogen and oxygen atoms in total. The monoisotopic (exact) mass is 223 g/mol. The molecule has 0 aromatic carbocycles. The minimum Gasteiger partial charge on any atom is -0.314 e. The zero-order chi connectivity index (χ0) is 12.0.